The molecule has 1 rings (SSSR count). The molecule has 1 saturated heterocycles. The van der Waals surface area contributed by atoms with E-state index in [4.69, 9.17) is 0 Å². The molecule has 1 N–H and O–H groups in total. The molecule has 0 radical (unpaired) electrons. The second-order valence-corrected chi connectivity index (χ2v) is 2.66. The van der Waals surface area contributed by atoms with Crippen molar-refractivity contribution in [2.24, 2.45) is 0 Å². The van der Waals surface area contributed by atoms with Crippen LogP contribution in [0.4, 0.5) is 0 Å². The van der Waals surface area contributed by atoms with Crippen LogP contribution in [0.5, 0.6) is 0 Å². The monoisotopic (exact) mass is 137 g/mol. The lowest BCUT2D eigenvalue weighted by atomic mass is 10.1. The van der Waals surface area contributed by atoms with Gasteiger partial charge in [0.15, 0.2) is 0 Å². The Balaban J connectivity index is 2.42. The van der Waals surface area contributed by atoms with Crippen LogP contribution in [0, 0.1) is 0 Å². The van der Waals surface area contributed by atoms with E-state index in [2.05, 4.69) is 18.0 Å². The predicted octanol–water partition coefficient (Wildman–Crippen LogP) is 1.87. The van der Waals surface area contributed by atoms with Crippen LogP contribution in [0.25, 0.3) is 0 Å². The average Bonchev–Trinajstić information content (AvgIpc) is 2.17. The van der Waals surface area contributed by atoms with Crippen molar-refractivity contribution in [1.82, 2.24) is 5.32 Å². The molecule has 0 atom stereocenters. The van der Waals surface area contributed by atoms with E-state index < -0.39 is 0 Å². The maximum Gasteiger partial charge on any atom is -0.00115 e. The van der Waals surface area contributed by atoms with Crippen LogP contribution in [0.2, 0.25) is 0 Å². The fourth-order valence-corrected chi connectivity index (χ4v) is 1.27. The Labute approximate surface area is 62.8 Å². The lowest BCUT2D eigenvalue weighted by Crippen LogP contribution is -2.13. The van der Waals surface area contributed by atoms with Crippen molar-refractivity contribution in [3.05, 3.63) is 24.3 Å². The summed E-state index contributed by atoms with van der Waals surface area (Å²) < 4.78 is 0. The summed E-state index contributed by atoms with van der Waals surface area (Å²) >= 11 is 0. The lowest BCUT2D eigenvalue weighted by molar-refractivity contribution is 0.703. The summed E-state index contributed by atoms with van der Waals surface area (Å²) in [6.07, 6.45) is 7.76. The Hall–Kier alpha value is -0.560. The van der Waals surface area contributed by atoms with Gasteiger partial charge in [-0.15, -0.1) is 0 Å². The molecule has 1 aliphatic heterocycles. The van der Waals surface area contributed by atoms with Crippen LogP contribution >= 0.6 is 0 Å². The van der Waals surface area contributed by atoms with Crippen LogP contribution < -0.4 is 5.32 Å². The van der Waals surface area contributed by atoms with Crippen LogP contribution in [-0.4, -0.2) is 13.1 Å². The average molecular weight is 137 g/mol. The van der Waals surface area contributed by atoms with Crippen LogP contribution in [-0.2, 0) is 0 Å². The first kappa shape index (κ1) is 7.55. The molecule has 0 amide bonds. The summed E-state index contributed by atoms with van der Waals surface area (Å²) in [5.74, 6) is 0. The third-order valence-electron chi connectivity index (χ3n) is 1.83. The second kappa shape index (κ2) is 4.29. The van der Waals surface area contributed by atoms with Gasteiger partial charge >= 0.3 is 0 Å². The molecule has 1 heterocycles. The fourth-order valence-electron chi connectivity index (χ4n) is 1.27. The number of rotatable bonds is 1. The minimum absolute atomic E-state index is 1.14. The Bertz CT molecular complexity index is 126. The summed E-state index contributed by atoms with van der Waals surface area (Å²) in [5, 5.41) is 3.36. The van der Waals surface area contributed by atoms with Crippen LogP contribution in [0.3, 0.4) is 0 Å². The molecule has 0 bridgehead atoms. The zero-order valence-corrected chi connectivity index (χ0v) is 6.40. The van der Waals surface area contributed by atoms with Crippen molar-refractivity contribution >= 4 is 0 Å². The topological polar surface area (TPSA) is 12.0 Å². The van der Waals surface area contributed by atoms with Gasteiger partial charge in [-0.2, -0.15) is 0 Å². The zero-order valence-electron chi connectivity index (χ0n) is 6.40. The number of hydrogen-bond donors (Lipinski definition) is 1. The Morgan fingerprint density at radius 2 is 2.20 bits per heavy atom. The molecule has 0 aromatic carbocycles. The third kappa shape index (κ3) is 2.36. The van der Waals surface area contributed by atoms with E-state index in [0.717, 1.165) is 6.54 Å². The summed E-state index contributed by atoms with van der Waals surface area (Å²) in [5.41, 5.74) is 1.54. The number of allylic oxidation sites excluding steroid dienone is 2. The van der Waals surface area contributed by atoms with Crippen molar-refractivity contribution in [3.8, 4) is 0 Å². The fraction of sp³-hybridized carbons (Fsp3) is 0.556. The van der Waals surface area contributed by atoms with Gasteiger partial charge in [0.2, 0.25) is 0 Å². The quantitative estimate of drug-likeness (QED) is 0.581. The van der Waals surface area contributed by atoms with E-state index in [9.17, 15) is 0 Å². The van der Waals surface area contributed by atoms with E-state index in [0.29, 0.717) is 0 Å². The first-order chi connectivity index (χ1) is 4.93. The molecule has 10 heavy (non-hydrogen) atoms. The Morgan fingerprint density at radius 1 is 1.30 bits per heavy atom. The highest BCUT2D eigenvalue weighted by atomic mass is 14.8. The van der Waals surface area contributed by atoms with Crippen molar-refractivity contribution in [2.75, 3.05) is 13.1 Å². The highest BCUT2D eigenvalue weighted by molar-refractivity contribution is 5.11. The summed E-state index contributed by atoms with van der Waals surface area (Å²) in [7, 11) is 0. The van der Waals surface area contributed by atoms with Crippen LogP contribution in [0.1, 0.15) is 19.3 Å². The largest absolute Gasteiger partial charge is 0.316 e. The highest BCUT2D eigenvalue weighted by Crippen LogP contribution is 2.11. The first-order valence-corrected chi connectivity index (χ1v) is 3.94. The van der Waals surface area contributed by atoms with Gasteiger partial charge in [0.25, 0.3) is 0 Å². The maximum absolute atomic E-state index is 3.69. The molecule has 1 heteroatoms. The lowest BCUT2D eigenvalue weighted by Gasteiger charge is -1.97. The molecular weight excluding hydrogens is 122 g/mol. The van der Waals surface area contributed by atoms with Gasteiger partial charge in [-0.05, 0) is 32.4 Å². The second-order valence-electron chi connectivity index (χ2n) is 2.66. The number of hydrogen-bond acceptors (Lipinski definition) is 1. The van der Waals surface area contributed by atoms with E-state index in [-0.39, 0.29) is 0 Å². The molecule has 0 aliphatic carbocycles. The molecular formula is C9H15N. The molecule has 0 saturated carbocycles. The SMILES string of the molecule is C=C/C=C1/CCCNCC1. The molecule has 0 unspecified atom stereocenters. The summed E-state index contributed by atoms with van der Waals surface area (Å²) in [4.78, 5) is 0. The molecule has 1 nitrogen and oxygen atoms in total. The summed E-state index contributed by atoms with van der Waals surface area (Å²) in [6.45, 7) is 6.00. The van der Waals surface area contributed by atoms with Gasteiger partial charge in [-0.1, -0.05) is 24.3 Å². The Morgan fingerprint density at radius 3 is 3.00 bits per heavy atom. The van der Waals surface area contributed by atoms with E-state index in [1.165, 1.54) is 25.8 Å². The minimum Gasteiger partial charge on any atom is -0.316 e. The molecule has 0 spiro atoms. The maximum atomic E-state index is 3.69. The standard InChI is InChI=1S/C9H15N/c1-2-4-9-5-3-7-10-8-6-9/h2,4,10H,1,3,5-8H2/b9-4-. The molecule has 0 aromatic rings. The van der Waals surface area contributed by atoms with Crippen molar-refractivity contribution < 1.29 is 0 Å². The van der Waals surface area contributed by atoms with Gasteiger partial charge in [-0.3, -0.25) is 0 Å². The van der Waals surface area contributed by atoms with Gasteiger partial charge in [-0.25, -0.2) is 0 Å². The predicted molar refractivity (Wildman–Crippen MR) is 45.0 cm³/mol. The minimum atomic E-state index is 1.14. The molecule has 1 fully saturated rings. The first-order valence-electron chi connectivity index (χ1n) is 3.94. The van der Waals surface area contributed by atoms with Crippen molar-refractivity contribution in [3.63, 3.8) is 0 Å². The van der Waals surface area contributed by atoms with E-state index in [1.807, 2.05) is 6.08 Å². The normalized spacial score (nSPS) is 24.2. The third-order valence-corrected chi connectivity index (χ3v) is 1.83. The van der Waals surface area contributed by atoms with Crippen molar-refractivity contribution in [2.45, 2.75) is 19.3 Å². The van der Waals surface area contributed by atoms with E-state index in [1.54, 1.807) is 5.57 Å². The smallest absolute Gasteiger partial charge is 0.00115 e. The van der Waals surface area contributed by atoms with Gasteiger partial charge in [0.1, 0.15) is 0 Å². The summed E-state index contributed by atoms with van der Waals surface area (Å²) in [6, 6.07) is 0. The molecule has 0 aromatic heterocycles. The van der Waals surface area contributed by atoms with Gasteiger partial charge in [0.05, 0.1) is 0 Å². The van der Waals surface area contributed by atoms with Gasteiger partial charge in [0, 0.05) is 0 Å². The highest BCUT2D eigenvalue weighted by Gasteiger charge is 2.00. The zero-order chi connectivity index (χ0) is 7.23. The number of nitrogens with one attached hydrogen (secondary N) is 1. The van der Waals surface area contributed by atoms with Crippen molar-refractivity contribution in [1.29, 1.82) is 0 Å². The van der Waals surface area contributed by atoms with E-state index >= 15 is 0 Å². The molecule has 1 aliphatic rings. The molecule has 56 valence electrons. The Kier molecular flexibility index (Phi) is 3.23. The van der Waals surface area contributed by atoms with Crippen LogP contribution in [0.15, 0.2) is 24.3 Å². The van der Waals surface area contributed by atoms with Gasteiger partial charge < -0.3 is 5.32 Å².